The van der Waals surface area contributed by atoms with Crippen LogP contribution in [-0.2, 0) is 4.79 Å². The molecule has 1 aromatic rings. The minimum atomic E-state index is 0.156. The highest BCUT2D eigenvalue weighted by Gasteiger charge is 2.44. The average Bonchev–Trinajstić information content (AvgIpc) is 3.20. The monoisotopic (exact) mass is 292 g/mol. The largest absolute Gasteiger partial charge is 0.352 e. The third-order valence-electron chi connectivity index (χ3n) is 4.40. The van der Waals surface area contributed by atoms with Crippen molar-refractivity contribution in [1.29, 1.82) is 0 Å². The minimum Gasteiger partial charge on any atom is -0.352 e. The van der Waals surface area contributed by atoms with Crippen molar-refractivity contribution in [2.24, 2.45) is 5.92 Å². The lowest BCUT2D eigenvalue weighted by atomic mass is 10.1. The molecule has 1 saturated carbocycles. The predicted octanol–water partition coefficient (Wildman–Crippen LogP) is 2.65. The number of halogens is 1. The van der Waals surface area contributed by atoms with Gasteiger partial charge in [-0.25, -0.2) is 0 Å². The topological polar surface area (TPSA) is 32.3 Å². The Labute approximate surface area is 125 Å². The van der Waals surface area contributed by atoms with Crippen molar-refractivity contribution in [2.75, 3.05) is 20.1 Å². The van der Waals surface area contributed by atoms with E-state index in [-0.39, 0.29) is 11.8 Å². The Bertz CT molecular complexity index is 488. The van der Waals surface area contributed by atoms with Crippen LogP contribution in [0.25, 0.3) is 0 Å². The molecule has 1 saturated heterocycles. The number of benzene rings is 1. The van der Waals surface area contributed by atoms with Crippen LogP contribution >= 0.6 is 11.6 Å². The first kappa shape index (κ1) is 13.9. The van der Waals surface area contributed by atoms with Crippen molar-refractivity contribution in [3.05, 3.63) is 34.9 Å². The maximum Gasteiger partial charge on any atom is 0.224 e. The molecule has 1 aromatic carbocycles. The number of rotatable bonds is 3. The van der Waals surface area contributed by atoms with Crippen molar-refractivity contribution in [2.45, 2.75) is 31.2 Å². The van der Waals surface area contributed by atoms with Crippen LogP contribution in [0.15, 0.2) is 24.3 Å². The second-order valence-electron chi connectivity index (χ2n) is 6.11. The van der Waals surface area contributed by atoms with Crippen LogP contribution in [0.4, 0.5) is 0 Å². The Morgan fingerprint density at radius 3 is 2.80 bits per heavy atom. The summed E-state index contributed by atoms with van der Waals surface area (Å²) >= 11 is 5.89. The van der Waals surface area contributed by atoms with E-state index in [1.165, 1.54) is 12.0 Å². The zero-order chi connectivity index (χ0) is 14.1. The van der Waals surface area contributed by atoms with Gasteiger partial charge in [-0.05, 0) is 56.5 Å². The first-order valence-corrected chi connectivity index (χ1v) is 7.75. The zero-order valence-corrected chi connectivity index (χ0v) is 12.6. The van der Waals surface area contributed by atoms with Gasteiger partial charge in [-0.2, -0.15) is 0 Å². The molecule has 2 aliphatic rings. The van der Waals surface area contributed by atoms with E-state index < -0.39 is 0 Å². The molecule has 0 aromatic heterocycles. The van der Waals surface area contributed by atoms with Crippen molar-refractivity contribution in [3.8, 4) is 0 Å². The van der Waals surface area contributed by atoms with E-state index in [0.717, 1.165) is 31.0 Å². The Morgan fingerprint density at radius 2 is 2.10 bits per heavy atom. The standard InChI is InChI=1S/C16H21ClN2O/c1-19-8-2-3-13(10-19)18-16(20)15-9-14(15)11-4-6-12(17)7-5-11/h4-7,13-15H,2-3,8-10H2,1H3,(H,18,20)/t13-,14+,15-/m0/s1. The summed E-state index contributed by atoms with van der Waals surface area (Å²) in [6.45, 7) is 2.12. The molecule has 108 valence electrons. The number of likely N-dealkylation sites (tertiary alicyclic amines) is 1. The second kappa shape index (κ2) is 5.74. The molecule has 1 amide bonds. The second-order valence-corrected chi connectivity index (χ2v) is 6.55. The molecule has 3 rings (SSSR count). The van der Waals surface area contributed by atoms with Gasteiger partial charge in [0.15, 0.2) is 0 Å². The molecule has 4 heteroatoms. The molecular weight excluding hydrogens is 272 g/mol. The molecule has 20 heavy (non-hydrogen) atoms. The highest BCUT2D eigenvalue weighted by atomic mass is 35.5. The van der Waals surface area contributed by atoms with Gasteiger partial charge in [0.1, 0.15) is 0 Å². The van der Waals surface area contributed by atoms with E-state index in [9.17, 15) is 4.79 Å². The highest BCUT2D eigenvalue weighted by molar-refractivity contribution is 6.30. The summed E-state index contributed by atoms with van der Waals surface area (Å²) in [5.74, 6) is 0.766. The molecule has 1 aliphatic heterocycles. The van der Waals surface area contributed by atoms with Gasteiger partial charge in [0.05, 0.1) is 0 Å². The lowest BCUT2D eigenvalue weighted by Crippen LogP contribution is -2.46. The van der Waals surface area contributed by atoms with Crippen LogP contribution in [0.5, 0.6) is 0 Å². The molecule has 0 bridgehead atoms. The van der Waals surface area contributed by atoms with Crippen LogP contribution in [0, 0.1) is 5.92 Å². The van der Waals surface area contributed by atoms with E-state index >= 15 is 0 Å². The molecule has 3 atom stereocenters. The SMILES string of the molecule is CN1CCC[C@H](NC(=O)[C@H]2C[C@@H]2c2ccc(Cl)cc2)C1. The van der Waals surface area contributed by atoms with Gasteiger partial charge in [0.25, 0.3) is 0 Å². The number of likely N-dealkylation sites (N-methyl/N-ethyl adjacent to an activating group) is 1. The summed E-state index contributed by atoms with van der Waals surface area (Å²) in [6.07, 6.45) is 3.25. The van der Waals surface area contributed by atoms with Crippen LogP contribution in [0.1, 0.15) is 30.7 Å². The van der Waals surface area contributed by atoms with Crippen molar-refractivity contribution in [1.82, 2.24) is 10.2 Å². The molecule has 0 unspecified atom stereocenters. The van der Waals surface area contributed by atoms with Gasteiger partial charge in [-0.3, -0.25) is 4.79 Å². The van der Waals surface area contributed by atoms with Crippen LogP contribution < -0.4 is 5.32 Å². The van der Waals surface area contributed by atoms with E-state index in [0.29, 0.717) is 12.0 Å². The van der Waals surface area contributed by atoms with Crippen LogP contribution in [0.3, 0.4) is 0 Å². The Balaban J connectivity index is 1.53. The first-order chi connectivity index (χ1) is 9.63. The number of nitrogens with zero attached hydrogens (tertiary/aromatic N) is 1. The molecule has 0 radical (unpaired) electrons. The van der Waals surface area contributed by atoms with Crippen molar-refractivity contribution >= 4 is 17.5 Å². The van der Waals surface area contributed by atoms with Gasteiger partial charge in [-0.15, -0.1) is 0 Å². The fourth-order valence-corrected chi connectivity index (χ4v) is 3.28. The summed E-state index contributed by atoms with van der Waals surface area (Å²) < 4.78 is 0. The van der Waals surface area contributed by atoms with E-state index in [1.807, 2.05) is 24.3 Å². The van der Waals surface area contributed by atoms with E-state index in [2.05, 4.69) is 17.3 Å². The van der Waals surface area contributed by atoms with Gasteiger partial charge < -0.3 is 10.2 Å². The number of hydrogen-bond donors (Lipinski definition) is 1. The number of amides is 1. The zero-order valence-electron chi connectivity index (χ0n) is 11.8. The molecule has 1 N–H and O–H groups in total. The average molecular weight is 293 g/mol. The fourth-order valence-electron chi connectivity index (χ4n) is 3.16. The van der Waals surface area contributed by atoms with Gasteiger partial charge >= 0.3 is 0 Å². The predicted molar refractivity (Wildman–Crippen MR) is 81.0 cm³/mol. The molecule has 2 fully saturated rings. The van der Waals surface area contributed by atoms with Crippen molar-refractivity contribution in [3.63, 3.8) is 0 Å². The molecule has 3 nitrogen and oxygen atoms in total. The lowest BCUT2D eigenvalue weighted by Gasteiger charge is -2.30. The summed E-state index contributed by atoms with van der Waals surface area (Å²) in [5, 5.41) is 3.97. The Hall–Kier alpha value is -1.06. The van der Waals surface area contributed by atoms with E-state index in [4.69, 9.17) is 11.6 Å². The number of piperidine rings is 1. The van der Waals surface area contributed by atoms with Crippen LogP contribution in [0.2, 0.25) is 5.02 Å². The summed E-state index contributed by atoms with van der Waals surface area (Å²) in [6, 6.07) is 8.21. The fraction of sp³-hybridized carbons (Fsp3) is 0.562. The lowest BCUT2D eigenvalue weighted by molar-refractivity contribution is -0.123. The van der Waals surface area contributed by atoms with Gasteiger partial charge in [0, 0.05) is 23.5 Å². The maximum atomic E-state index is 12.3. The summed E-state index contributed by atoms with van der Waals surface area (Å²) in [7, 11) is 2.12. The quantitative estimate of drug-likeness (QED) is 0.929. The Kier molecular flexibility index (Phi) is 3.99. The number of nitrogens with one attached hydrogen (secondary N) is 1. The number of carbonyl (C=O) groups excluding carboxylic acids is 1. The summed E-state index contributed by atoms with van der Waals surface area (Å²) in [5.41, 5.74) is 1.23. The van der Waals surface area contributed by atoms with Gasteiger partial charge in [-0.1, -0.05) is 23.7 Å². The molecule has 1 aliphatic carbocycles. The Morgan fingerprint density at radius 1 is 1.35 bits per heavy atom. The summed E-state index contributed by atoms with van der Waals surface area (Å²) in [4.78, 5) is 14.6. The first-order valence-electron chi connectivity index (χ1n) is 7.38. The molecule has 0 spiro atoms. The van der Waals surface area contributed by atoms with Crippen molar-refractivity contribution < 1.29 is 4.79 Å². The van der Waals surface area contributed by atoms with Gasteiger partial charge in [0.2, 0.25) is 5.91 Å². The van der Waals surface area contributed by atoms with E-state index in [1.54, 1.807) is 0 Å². The normalized spacial score (nSPS) is 30.0. The number of carbonyl (C=O) groups is 1. The molecule has 1 heterocycles. The molecular formula is C16H21ClN2O. The van der Waals surface area contributed by atoms with Crippen LogP contribution in [-0.4, -0.2) is 37.0 Å². The minimum absolute atomic E-state index is 0.156. The number of hydrogen-bond acceptors (Lipinski definition) is 2. The third kappa shape index (κ3) is 3.15. The smallest absolute Gasteiger partial charge is 0.224 e. The third-order valence-corrected chi connectivity index (χ3v) is 4.65. The highest BCUT2D eigenvalue weighted by Crippen LogP contribution is 2.47. The maximum absolute atomic E-state index is 12.3.